The van der Waals surface area contributed by atoms with Gasteiger partial charge in [0.1, 0.15) is 6.61 Å². The molecule has 8 nitrogen and oxygen atoms in total. The van der Waals surface area contributed by atoms with Gasteiger partial charge in [-0.2, -0.15) is 0 Å². The van der Waals surface area contributed by atoms with Crippen LogP contribution in [-0.2, 0) is 13.7 Å². The molecule has 78 valence electrons. The highest BCUT2D eigenvalue weighted by Gasteiger charge is 2.04. The number of hydrogen-bond donors (Lipinski definition) is 5. The maximum Gasteiger partial charge on any atom is 0.336 e. The predicted octanol–water partition coefficient (Wildman–Crippen LogP) is -1.33. The van der Waals surface area contributed by atoms with Crippen LogP contribution >= 0.6 is 15.3 Å². The first kappa shape index (κ1) is 15.3. The largest absolute Gasteiger partial charge is 0.336 e. The summed E-state index contributed by atoms with van der Waals surface area (Å²) >= 11 is 0. The molecule has 0 unspecified atom stereocenters. The third-order valence-electron chi connectivity index (χ3n) is 0.350. The monoisotopic (exact) mass is 230 g/mol. The molecule has 0 radical (unpaired) electrons. The highest BCUT2D eigenvalue weighted by Crippen LogP contribution is 2.24. The first-order chi connectivity index (χ1) is 5.56. The van der Waals surface area contributed by atoms with Crippen LogP contribution in [0.25, 0.3) is 0 Å². The van der Waals surface area contributed by atoms with Gasteiger partial charge < -0.3 is 4.89 Å². The van der Waals surface area contributed by atoms with Crippen molar-refractivity contribution in [2.24, 2.45) is 22.0 Å². The summed E-state index contributed by atoms with van der Waals surface area (Å²) < 4.78 is 23.8. The average Bonchev–Trinajstić information content (AvgIpc) is 1.77. The van der Waals surface area contributed by atoms with Crippen molar-refractivity contribution in [2.45, 2.75) is 0 Å². The quantitative estimate of drug-likeness (QED) is 0.287. The number of nitrogens with two attached hydrogens (primary N) is 4. The van der Waals surface area contributed by atoms with Crippen molar-refractivity contribution in [3.63, 3.8) is 0 Å². The Morgan fingerprint density at radius 2 is 1.62 bits per heavy atom. The van der Waals surface area contributed by atoms with Gasteiger partial charge in [0, 0.05) is 0 Å². The van der Waals surface area contributed by atoms with E-state index in [1.54, 1.807) is 0 Å². The van der Waals surface area contributed by atoms with Crippen LogP contribution in [0.1, 0.15) is 0 Å². The van der Waals surface area contributed by atoms with Crippen molar-refractivity contribution in [3.8, 4) is 12.3 Å². The van der Waals surface area contributed by atoms with Crippen LogP contribution in [0.3, 0.4) is 0 Å². The highest BCUT2D eigenvalue weighted by molar-refractivity contribution is 7.53. The summed E-state index contributed by atoms with van der Waals surface area (Å²) in [6, 6.07) is 0. The molecule has 0 aliphatic carbocycles. The Morgan fingerprint density at radius 3 is 1.69 bits per heavy atom. The molecule has 0 aromatic heterocycles. The van der Waals surface area contributed by atoms with Gasteiger partial charge in [-0.15, -0.1) is 6.42 Å². The third kappa shape index (κ3) is 49.3. The normalized spacial score (nSPS) is 11.1. The van der Waals surface area contributed by atoms with Crippen LogP contribution in [0, 0.1) is 12.3 Å². The molecule has 0 aliphatic rings. The molecule has 0 heterocycles. The predicted molar refractivity (Wildman–Crippen MR) is 49.0 cm³/mol. The molecule has 9 N–H and O–H groups in total. The van der Waals surface area contributed by atoms with Crippen molar-refractivity contribution in [1.29, 1.82) is 0 Å². The van der Waals surface area contributed by atoms with Crippen LogP contribution in [0.5, 0.6) is 0 Å². The van der Waals surface area contributed by atoms with E-state index < -0.39 is 15.3 Å². The fourth-order valence-corrected chi connectivity index (χ4v) is 0.414. The Bertz CT molecular complexity index is 253. The van der Waals surface area contributed by atoms with Gasteiger partial charge in [-0.3, -0.25) is 13.7 Å². The summed E-state index contributed by atoms with van der Waals surface area (Å²) in [5, 5.41) is 0. The maximum absolute atomic E-state index is 10.2. The van der Waals surface area contributed by atoms with Crippen molar-refractivity contribution in [3.05, 3.63) is 0 Å². The van der Waals surface area contributed by atoms with E-state index in [0.717, 1.165) is 0 Å². The van der Waals surface area contributed by atoms with Crippen molar-refractivity contribution >= 4 is 15.3 Å². The fraction of sp³-hybridized carbons (Fsp3) is 0.333. The van der Waals surface area contributed by atoms with Crippen molar-refractivity contribution in [1.82, 2.24) is 0 Å². The highest BCUT2D eigenvalue weighted by atomic mass is 31.2. The topological polar surface area (TPSA) is 168 Å². The summed E-state index contributed by atoms with van der Waals surface area (Å²) in [6.45, 7) is -0.107. The average molecular weight is 230 g/mol. The molecule has 13 heavy (non-hydrogen) atoms. The van der Waals surface area contributed by atoms with Gasteiger partial charge in [0.2, 0.25) is 0 Å². The van der Waals surface area contributed by atoms with E-state index in [2.05, 4.69) is 21.5 Å². The third-order valence-corrected chi connectivity index (χ3v) is 0.882. The van der Waals surface area contributed by atoms with Crippen LogP contribution < -0.4 is 22.0 Å². The number of hydrogen-bond acceptors (Lipinski definition) is 3. The second-order valence-corrected chi connectivity index (χ2v) is 4.69. The van der Waals surface area contributed by atoms with Crippen molar-refractivity contribution < 1.29 is 18.5 Å². The molecule has 0 fully saturated rings. The minimum Gasteiger partial charge on any atom is -0.322 e. The van der Waals surface area contributed by atoms with E-state index >= 15 is 0 Å². The lowest BCUT2D eigenvalue weighted by Gasteiger charge is -2.01. The molecule has 0 aromatic rings. The zero-order chi connectivity index (χ0) is 11.1. The minimum atomic E-state index is -3.64. The maximum atomic E-state index is 10.2. The Hall–Kier alpha value is -0.220. The van der Waals surface area contributed by atoms with Crippen LogP contribution in [0.15, 0.2) is 0 Å². The van der Waals surface area contributed by atoms with Crippen molar-refractivity contribution in [2.75, 3.05) is 6.61 Å². The molecule has 0 saturated heterocycles. The van der Waals surface area contributed by atoms with Crippen LogP contribution in [-0.4, -0.2) is 11.5 Å². The second kappa shape index (κ2) is 6.27. The molecule has 10 heteroatoms. The summed E-state index contributed by atoms with van der Waals surface area (Å²) in [7, 11) is -6.96. The van der Waals surface area contributed by atoms with E-state index in [9.17, 15) is 9.13 Å². The standard InChI is InChI=1S/C3H7N2O2P.H5N2O2P/c1-2-3-7-8(4,5)6;1-5(2,3)4/h1H,3H2,(H4,4,5,6);(H5,1,2,3,4). The van der Waals surface area contributed by atoms with Crippen LogP contribution in [0.4, 0.5) is 0 Å². The molecule has 0 spiro atoms. The molecular formula is C3H12N4O4P2. The fourth-order valence-electron chi connectivity index (χ4n) is 0.138. The first-order valence-corrected chi connectivity index (χ1v) is 6.27. The zero-order valence-electron chi connectivity index (χ0n) is 6.66. The molecular weight excluding hydrogens is 218 g/mol. The Morgan fingerprint density at radius 1 is 1.31 bits per heavy atom. The van der Waals surface area contributed by atoms with Gasteiger partial charge in [-0.25, -0.2) is 22.0 Å². The summed E-state index contributed by atoms with van der Waals surface area (Å²) in [5.41, 5.74) is 18.0. The van der Waals surface area contributed by atoms with Crippen LogP contribution in [0.2, 0.25) is 0 Å². The first-order valence-electron chi connectivity index (χ1n) is 2.71. The van der Waals surface area contributed by atoms with Gasteiger partial charge in [0.05, 0.1) is 0 Å². The van der Waals surface area contributed by atoms with E-state index in [1.165, 1.54) is 0 Å². The molecule has 0 saturated carbocycles. The molecule has 0 aromatic carbocycles. The Balaban J connectivity index is 0. The molecule has 0 rings (SSSR count). The SMILES string of the molecule is C#CCOP(N)(N)=O.NP(N)(=O)O. The molecule has 0 amide bonds. The minimum absolute atomic E-state index is 0.107. The molecule has 0 bridgehead atoms. The number of rotatable bonds is 2. The Kier molecular flexibility index (Phi) is 7.36. The number of terminal acetylenes is 1. The van der Waals surface area contributed by atoms with Gasteiger partial charge in [0.15, 0.2) is 0 Å². The smallest absolute Gasteiger partial charge is 0.322 e. The van der Waals surface area contributed by atoms with E-state index in [1.807, 2.05) is 0 Å². The summed E-state index contributed by atoms with van der Waals surface area (Å²) in [4.78, 5) is 7.63. The van der Waals surface area contributed by atoms with Gasteiger partial charge in [0.25, 0.3) is 0 Å². The second-order valence-electron chi connectivity index (χ2n) is 1.80. The lowest BCUT2D eigenvalue weighted by atomic mass is 10.8. The lowest BCUT2D eigenvalue weighted by molar-refractivity contribution is 0.360. The van der Waals surface area contributed by atoms with E-state index in [-0.39, 0.29) is 6.61 Å². The Labute approximate surface area is 75.7 Å². The summed E-state index contributed by atoms with van der Waals surface area (Å²) in [5.74, 6) is 2.07. The van der Waals surface area contributed by atoms with Gasteiger partial charge >= 0.3 is 15.3 Å². The molecule has 0 aliphatic heterocycles. The van der Waals surface area contributed by atoms with Gasteiger partial charge in [-0.05, 0) is 0 Å². The molecule has 0 atom stereocenters. The van der Waals surface area contributed by atoms with E-state index in [4.69, 9.17) is 22.3 Å². The van der Waals surface area contributed by atoms with E-state index in [0.29, 0.717) is 0 Å². The zero-order valence-corrected chi connectivity index (χ0v) is 8.45. The van der Waals surface area contributed by atoms with Gasteiger partial charge in [-0.1, -0.05) is 5.92 Å². The summed E-state index contributed by atoms with van der Waals surface area (Å²) in [6.07, 6.45) is 4.73. The lowest BCUT2D eigenvalue weighted by Crippen LogP contribution is -2.07.